The Labute approximate surface area is 111 Å². The highest BCUT2D eigenvalue weighted by molar-refractivity contribution is 6.80. The summed E-state index contributed by atoms with van der Waals surface area (Å²) >= 11 is 0. The number of ether oxygens (including phenoxy) is 1. The van der Waals surface area contributed by atoms with Crippen LogP contribution >= 0.6 is 0 Å². The Morgan fingerprint density at radius 3 is 2.39 bits per heavy atom. The zero-order chi connectivity index (χ0) is 13.0. The SMILES string of the molecule is CC1=CCC2([Si](C)(C)C)CC2(c2ccccc2)O1. The van der Waals surface area contributed by atoms with Gasteiger partial charge in [0.25, 0.3) is 0 Å². The van der Waals surface area contributed by atoms with Gasteiger partial charge in [-0.05, 0) is 31.4 Å². The highest BCUT2D eigenvalue weighted by Gasteiger charge is 2.75. The second-order valence-electron chi connectivity index (χ2n) is 6.82. The van der Waals surface area contributed by atoms with Crippen LogP contribution in [0.4, 0.5) is 0 Å². The predicted molar refractivity (Wildman–Crippen MR) is 78.2 cm³/mol. The zero-order valence-corrected chi connectivity index (χ0v) is 12.8. The second kappa shape index (κ2) is 3.50. The van der Waals surface area contributed by atoms with Gasteiger partial charge in [-0.3, -0.25) is 0 Å². The third-order valence-electron chi connectivity index (χ3n) is 4.95. The molecule has 1 fully saturated rings. The third kappa shape index (κ3) is 1.38. The lowest BCUT2D eigenvalue weighted by atomic mass is 10.0. The van der Waals surface area contributed by atoms with Crippen molar-refractivity contribution in [3.8, 4) is 0 Å². The lowest BCUT2D eigenvalue weighted by Gasteiger charge is -2.38. The van der Waals surface area contributed by atoms with Crippen LogP contribution in [-0.2, 0) is 10.3 Å². The lowest BCUT2D eigenvalue weighted by Crippen LogP contribution is -2.37. The maximum atomic E-state index is 6.36. The first-order chi connectivity index (χ1) is 8.41. The lowest BCUT2D eigenvalue weighted by molar-refractivity contribution is 0.0691. The molecule has 0 spiro atoms. The van der Waals surface area contributed by atoms with E-state index in [1.165, 1.54) is 18.4 Å². The summed E-state index contributed by atoms with van der Waals surface area (Å²) in [6.07, 6.45) is 4.70. The van der Waals surface area contributed by atoms with Crippen LogP contribution in [0.2, 0.25) is 24.7 Å². The number of hydrogen-bond acceptors (Lipinski definition) is 1. The van der Waals surface area contributed by atoms with E-state index < -0.39 is 8.07 Å². The summed E-state index contributed by atoms with van der Waals surface area (Å²) in [5, 5.41) is 0.404. The van der Waals surface area contributed by atoms with Crippen molar-refractivity contribution in [1.29, 1.82) is 0 Å². The molecule has 0 radical (unpaired) electrons. The Kier molecular flexibility index (Phi) is 2.34. The van der Waals surface area contributed by atoms with Gasteiger partial charge in [0.05, 0.1) is 13.8 Å². The minimum absolute atomic E-state index is 0.0163. The Bertz CT molecular complexity index is 500. The Balaban J connectivity index is 2.09. The van der Waals surface area contributed by atoms with Crippen LogP contribution in [0.5, 0.6) is 0 Å². The fourth-order valence-electron chi connectivity index (χ4n) is 3.71. The topological polar surface area (TPSA) is 9.23 Å². The zero-order valence-electron chi connectivity index (χ0n) is 11.8. The molecule has 1 aromatic carbocycles. The number of fused-ring (bicyclic) bond motifs is 1. The highest BCUT2D eigenvalue weighted by atomic mass is 28.3. The van der Waals surface area contributed by atoms with E-state index in [9.17, 15) is 0 Å². The standard InChI is InChI=1S/C16H22OSi/c1-13-10-11-15(18(2,3)4)12-16(15,17-13)14-8-6-5-7-9-14/h5-10H,11-12H2,1-4H3. The van der Waals surface area contributed by atoms with Crippen molar-refractivity contribution in [2.75, 3.05) is 0 Å². The summed E-state index contributed by atoms with van der Waals surface area (Å²) in [4.78, 5) is 0. The van der Waals surface area contributed by atoms with Crippen molar-refractivity contribution < 1.29 is 4.74 Å². The van der Waals surface area contributed by atoms with E-state index in [-0.39, 0.29) is 5.60 Å². The van der Waals surface area contributed by atoms with Gasteiger partial charge in [-0.25, -0.2) is 0 Å². The Morgan fingerprint density at radius 2 is 1.78 bits per heavy atom. The molecule has 0 saturated heterocycles. The molecule has 96 valence electrons. The number of allylic oxidation sites excluding steroid dienone is 2. The fourth-order valence-corrected chi connectivity index (χ4v) is 6.61. The molecule has 1 saturated carbocycles. The van der Waals surface area contributed by atoms with E-state index in [4.69, 9.17) is 4.74 Å². The van der Waals surface area contributed by atoms with Crippen molar-refractivity contribution in [1.82, 2.24) is 0 Å². The molecule has 0 N–H and O–H groups in total. The van der Waals surface area contributed by atoms with Gasteiger partial charge in [0.2, 0.25) is 0 Å². The average Bonchev–Trinajstić information content (AvgIpc) is 3.01. The van der Waals surface area contributed by atoms with Crippen molar-refractivity contribution in [2.24, 2.45) is 0 Å². The third-order valence-corrected chi connectivity index (χ3v) is 8.60. The molecule has 0 bridgehead atoms. The van der Waals surface area contributed by atoms with Crippen LogP contribution in [0, 0.1) is 0 Å². The molecule has 2 unspecified atom stereocenters. The van der Waals surface area contributed by atoms with Gasteiger partial charge in [-0.1, -0.05) is 50.0 Å². The van der Waals surface area contributed by atoms with Crippen LogP contribution in [0.15, 0.2) is 42.2 Å². The van der Waals surface area contributed by atoms with Crippen LogP contribution < -0.4 is 0 Å². The Morgan fingerprint density at radius 1 is 1.11 bits per heavy atom. The molecule has 1 aliphatic carbocycles. The molecule has 2 atom stereocenters. The number of benzene rings is 1. The quantitative estimate of drug-likeness (QED) is 0.699. The van der Waals surface area contributed by atoms with Crippen molar-refractivity contribution in [3.63, 3.8) is 0 Å². The van der Waals surface area contributed by atoms with Gasteiger partial charge in [0, 0.05) is 5.04 Å². The van der Waals surface area contributed by atoms with Gasteiger partial charge >= 0.3 is 0 Å². The van der Waals surface area contributed by atoms with E-state index in [1.54, 1.807) is 0 Å². The van der Waals surface area contributed by atoms with E-state index in [0.29, 0.717) is 5.04 Å². The molecule has 18 heavy (non-hydrogen) atoms. The van der Waals surface area contributed by atoms with Crippen molar-refractivity contribution >= 4 is 8.07 Å². The maximum absolute atomic E-state index is 6.36. The molecule has 0 aromatic heterocycles. The molecule has 1 aliphatic heterocycles. The Hall–Kier alpha value is -1.02. The monoisotopic (exact) mass is 258 g/mol. The number of hydrogen-bond donors (Lipinski definition) is 0. The highest BCUT2D eigenvalue weighted by Crippen LogP contribution is 2.79. The summed E-state index contributed by atoms with van der Waals surface area (Å²) in [5.74, 6) is 1.10. The van der Waals surface area contributed by atoms with Gasteiger partial charge in [0.1, 0.15) is 5.60 Å². The minimum atomic E-state index is -1.26. The molecule has 1 aromatic rings. The first-order valence-electron chi connectivity index (χ1n) is 6.83. The van der Waals surface area contributed by atoms with Gasteiger partial charge in [-0.2, -0.15) is 0 Å². The van der Waals surface area contributed by atoms with Crippen LogP contribution in [0.25, 0.3) is 0 Å². The number of rotatable bonds is 2. The maximum Gasteiger partial charge on any atom is 0.138 e. The average molecular weight is 258 g/mol. The van der Waals surface area contributed by atoms with E-state index in [1.807, 2.05) is 0 Å². The van der Waals surface area contributed by atoms with Crippen LogP contribution in [0.1, 0.15) is 25.3 Å². The van der Waals surface area contributed by atoms with Crippen molar-refractivity contribution in [2.45, 2.75) is 50.0 Å². The van der Waals surface area contributed by atoms with Crippen LogP contribution in [0.3, 0.4) is 0 Å². The molecule has 1 heterocycles. The first kappa shape index (κ1) is 12.0. The summed E-state index contributed by atoms with van der Waals surface area (Å²) in [6, 6.07) is 10.8. The summed E-state index contributed by atoms with van der Waals surface area (Å²) < 4.78 is 6.36. The summed E-state index contributed by atoms with van der Waals surface area (Å²) in [7, 11) is -1.26. The second-order valence-corrected chi connectivity index (χ2v) is 12.3. The predicted octanol–water partition coefficient (Wildman–Crippen LogP) is 4.69. The molecule has 1 nitrogen and oxygen atoms in total. The summed E-state index contributed by atoms with van der Waals surface area (Å²) in [5.41, 5.74) is 1.36. The molecular weight excluding hydrogens is 236 g/mol. The first-order valence-corrected chi connectivity index (χ1v) is 10.3. The van der Waals surface area contributed by atoms with Crippen molar-refractivity contribution in [3.05, 3.63) is 47.7 Å². The summed E-state index contributed by atoms with van der Waals surface area (Å²) in [6.45, 7) is 9.54. The molecule has 2 aliphatic rings. The van der Waals surface area contributed by atoms with Gasteiger partial charge < -0.3 is 4.74 Å². The van der Waals surface area contributed by atoms with E-state index >= 15 is 0 Å². The van der Waals surface area contributed by atoms with Gasteiger partial charge in [0.15, 0.2) is 0 Å². The molecular formula is C16H22OSi. The molecule has 2 heteroatoms. The van der Waals surface area contributed by atoms with E-state index in [2.05, 4.69) is 63.0 Å². The normalized spacial score (nSPS) is 34.3. The van der Waals surface area contributed by atoms with Crippen LogP contribution in [-0.4, -0.2) is 8.07 Å². The van der Waals surface area contributed by atoms with E-state index in [0.717, 1.165) is 5.76 Å². The molecule has 0 amide bonds. The smallest absolute Gasteiger partial charge is 0.138 e. The minimum Gasteiger partial charge on any atom is -0.487 e. The molecule has 3 rings (SSSR count). The fraction of sp³-hybridized carbons (Fsp3) is 0.500. The van der Waals surface area contributed by atoms with Gasteiger partial charge in [-0.15, -0.1) is 0 Å². The largest absolute Gasteiger partial charge is 0.487 e.